The summed E-state index contributed by atoms with van der Waals surface area (Å²) in [5.74, 6) is -0.922. The molecule has 6 nitrogen and oxygen atoms in total. The minimum atomic E-state index is -0.799. The maximum atomic E-state index is 12.9. The predicted octanol–water partition coefficient (Wildman–Crippen LogP) is 23.9. The van der Waals surface area contributed by atoms with Gasteiger partial charge < -0.3 is 14.2 Å². The highest BCUT2D eigenvalue weighted by atomic mass is 16.6. The molecule has 0 bridgehead atoms. The smallest absolute Gasteiger partial charge is 0.306 e. The molecular formula is C77H126O6. The minimum Gasteiger partial charge on any atom is -0.462 e. The highest BCUT2D eigenvalue weighted by Crippen LogP contribution is 2.16. The number of rotatable bonds is 61. The average Bonchev–Trinajstić information content (AvgIpc) is 3.48. The summed E-state index contributed by atoms with van der Waals surface area (Å²) in [5, 5.41) is 0. The second-order valence-corrected chi connectivity index (χ2v) is 22.3. The summed E-state index contributed by atoms with van der Waals surface area (Å²) in [7, 11) is 0. The Morgan fingerprint density at radius 1 is 0.253 bits per heavy atom. The molecule has 0 aromatic carbocycles. The Bertz CT molecular complexity index is 1800. The first-order valence-electron chi connectivity index (χ1n) is 34.3. The van der Waals surface area contributed by atoms with E-state index < -0.39 is 6.10 Å². The second kappa shape index (κ2) is 69.8. The summed E-state index contributed by atoms with van der Waals surface area (Å²) in [6, 6.07) is 0. The van der Waals surface area contributed by atoms with Gasteiger partial charge in [-0.25, -0.2) is 0 Å². The number of hydrogen-bond acceptors (Lipinski definition) is 6. The zero-order valence-electron chi connectivity index (χ0n) is 53.9. The van der Waals surface area contributed by atoms with Gasteiger partial charge in [-0.1, -0.05) is 308 Å². The molecular weight excluding hydrogens is 1020 g/mol. The van der Waals surface area contributed by atoms with Crippen LogP contribution in [-0.4, -0.2) is 37.2 Å². The van der Waals surface area contributed by atoms with Crippen LogP contribution in [0.3, 0.4) is 0 Å². The van der Waals surface area contributed by atoms with Gasteiger partial charge in [0.15, 0.2) is 6.10 Å². The maximum absolute atomic E-state index is 12.9. The Hall–Kier alpha value is -4.71. The summed E-state index contributed by atoms with van der Waals surface area (Å²) < 4.78 is 16.9. The van der Waals surface area contributed by atoms with Crippen molar-refractivity contribution in [2.45, 2.75) is 309 Å². The van der Waals surface area contributed by atoms with E-state index in [0.29, 0.717) is 12.8 Å². The molecule has 83 heavy (non-hydrogen) atoms. The molecule has 470 valence electrons. The van der Waals surface area contributed by atoms with E-state index in [0.717, 1.165) is 141 Å². The molecule has 0 aliphatic heterocycles. The van der Waals surface area contributed by atoms with Crippen LogP contribution in [-0.2, 0) is 28.6 Å². The van der Waals surface area contributed by atoms with Crippen molar-refractivity contribution in [1.82, 2.24) is 0 Å². The largest absolute Gasteiger partial charge is 0.462 e. The fourth-order valence-electron chi connectivity index (χ4n) is 9.27. The van der Waals surface area contributed by atoms with Gasteiger partial charge in [-0.2, -0.15) is 0 Å². The lowest BCUT2D eigenvalue weighted by atomic mass is 10.0. The Morgan fingerprint density at radius 3 is 0.747 bits per heavy atom. The Labute approximate surface area is 512 Å². The van der Waals surface area contributed by atoms with Crippen LogP contribution in [0.2, 0.25) is 0 Å². The average molecular weight is 1150 g/mol. The molecule has 6 heteroatoms. The summed E-state index contributed by atoms with van der Waals surface area (Å²) in [6.45, 7) is 6.39. The fraction of sp³-hybridized carbons (Fsp3) is 0.649. The molecule has 0 spiro atoms. The highest BCUT2D eigenvalue weighted by molar-refractivity contribution is 5.71. The van der Waals surface area contributed by atoms with Crippen molar-refractivity contribution in [3.05, 3.63) is 146 Å². The van der Waals surface area contributed by atoms with Crippen LogP contribution >= 0.6 is 0 Å². The van der Waals surface area contributed by atoms with Crippen LogP contribution < -0.4 is 0 Å². The first-order chi connectivity index (χ1) is 41.0. The van der Waals surface area contributed by atoms with Crippen molar-refractivity contribution < 1.29 is 28.6 Å². The van der Waals surface area contributed by atoms with Gasteiger partial charge in [-0.15, -0.1) is 0 Å². The number of unbranched alkanes of at least 4 members (excludes halogenated alkanes) is 26. The third kappa shape index (κ3) is 68.0. The van der Waals surface area contributed by atoms with Crippen molar-refractivity contribution in [2.75, 3.05) is 13.2 Å². The maximum Gasteiger partial charge on any atom is 0.306 e. The van der Waals surface area contributed by atoms with E-state index in [1.54, 1.807) is 0 Å². The first kappa shape index (κ1) is 78.3. The zero-order chi connectivity index (χ0) is 59.9. The number of carbonyl (C=O) groups is 3. The molecule has 0 aliphatic rings. The normalized spacial score (nSPS) is 13.0. The summed E-state index contributed by atoms with van der Waals surface area (Å²) in [6.07, 6.45) is 100. The van der Waals surface area contributed by atoms with Crippen LogP contribution in [0.1, 0.15) is 303 Å². The number of carbonyl (C=O) groups excluding carboxylic acids is 3. The summed E-state index contributed by atoms with van der Waals surface area (Å²) in [4.78, 5) is 38.3. The Kier molecular flexibility index (Phi) is 65.8. The molecule has 1 atom stereocenters. The van der Waals surface area contributed by atoms with Gasteiger partial charge in [-0.3, -0.25) is 14.4 Å². The van der Waals surface area contributed by atoms with Gasteiger partial charge in [0, 0.05) is 19.3 Å². The molecule has 0 saturated carbocycles. The van der Waals surface area contributed by atoms with Gasteiger partial charge in [0.25, 0.3) is 0 Å². The fourth-order valence-corrected chi connectivity index (χ4v) is 9.27. The Morgan fingerprint density at radius 2 is 0.470 bits per heavy atom. The van der Waals surface area contributed by atoms with E-state index in [4.69, 9.17) is 14.2 Å². The monoisotopic (exact) mass is 1150 g/mol. The number of esters is 3. The first-order valence-corrected chi connectivity index (χ1v) is 34.3. The van der Waals surface area contributed by atoms with Crippen LogP contribution in [0.15, 0.2) is 146 Å². The lowest BCUT2D eigenvalue weighted by molar-refractivity contribution is -0.167. The zero-order valence-corrected chi connectivity index (χ0v) is 53.9. The third-order valence-corrected chi connectivity index (χ3v) is 14.3. The van der Waals surface area contributed by atoms with E-state index >= 15 is 0 Å². The van der Waals surface area contributed by atoms with E-state index in [1.165, 1.54) is 122 Å². The molecule has 0 rings (SSSR count). The standard InChI is InChI=1S/C77H126O6/c1-4-7-10-13-16-19-22-24-26-28-30-31-32-33-34-35-36-37-38-39-40-41-42-43-44-45-47-48-50-52-55-58-61-64-67-70-76(79)82-73-74(72-81-75(78)69-66-63-60-57-54-21-18-15-12-9-6-3)83-77(80)71-68-65-62-59-56-53-51-49-46-29-27-25-23-20-17-14-11-8-5-2/h7-8,10-11,16-17,19-20,24-27,30-31,33-34,36-37,39-40,46,49,53,56,74H,4-6,9,12-15,18,21-23,28-29,32,35,38,41-45,47-48,50-52,54-55,57-73H2,1-3H3/b10-7-,11-8-,19-16-,20-17-,26-24-,27-25-,31-30-,34-33-,37-36-,40-39-,49-46-,56-53-. The van der Waals surface area contributed by atoms with Gasteiger partial charge in [0.05, 0.1) is 0 Å². The molecule has 0 fully saturated rings. The molecule has 0 amide bonds. The molecule has 0 aromatic rings. The van der Waals surface area contributed by atoms with Gasteiger partial charge >= 0.3 is 17.9 Å². The molecule has 0 saturated heterocycles. The van der Waals surface area contributed by atoms with Crippen molar-refractivity contribution in [3.63, 3.8) is 0 Å². The van der Waals surface area contributed by atoms with Crippen LogP contribution in [0.4, 0.5) is 0 Å². The van der Waals surface area contributed by atoms with Gasteiger partial charge in [-0.05, 0) is 122 Å². The van der Waals surface area contributed by atoms with Gasteiger partial charge in [0.2, 0.25) is 0 Å². The van der Waals surface area contributed by atoms with Crippen LogP contribution in [0.5, 0.6) is 0 Å². The van der Waals surface area contributed by atoms with Crippen molar-refractivity contribution >= 4 is 17.9 Å². The second-order valence-electron chi connectivity index (χ2n) is 22.3. The van der Waals surface area contributed by atoms with Crippen molar-refractivity contribution in [1.29, 1.82) is 0 Å². The van der Waals surface area contributed by atoms with E-state index in [9.17, 15) is 14.4 Å². The quantitative estimate of drug-likeness (QED) is 0.0261. The SMILES string of the molecule is CC/C=C\C/C=C\C/C=C\C/C=C\C/C=C\C/C=C\C/C=C\CCCCCCCCCCCCCCCC(=O)OCC(COC(=O)CCCCCCCCCCCCC)OC(=O)CCCCC/C=C\C/C=C\C/C=C\C/C=C\C/C=C\CC. The molecule has 0 N–H and O–H groups in total. The molecule has 0 aromatic heterocycles. The highest BCUT2D eigenvalue weighted by Gasteiger charge is 2.19. The Balaban J connectivity index is 4.23. The topological polar surface area (TPSA) is 78.9 Å². The summed E-state index contributed by atoms with van der Waals surface area (Å²) >= 11 is 0. The molecule has 1 unspecified atom stereocenters. The van der Waals surface area contributed by atoms with E-state index in [1.807, 2.05) is 0 Å². The number of hydrogen-bond donors (Lipinski definition) is 0. The minimum absolute atomic E-state index is 0.0922. The predicted molar refractivity (Wildman–Crippen MR) is 362 cm³/mol. The van der Waals surface area contributed by atoms with Gasteiger partial charge in [0.1, 0.15) is 13.2 Å². The number of ether oxygens (including phenoxy) is 3. The van der Waals surface area contributed by atoms with Crippen LogP contribution in [0, 0.1) is 0 Å². The molecule has 0 radical (unpaired) electrons. The van der Waals surface area contributed by atoms with Crippen molar-refractivity contribution in [3.8, 4) is 0 Å². The van der Waals surface area contributed by atoms with Crippen molar-refractivity contribution in [2.24, 2.45) is 0 Å². The van der Waals surface area contributed by atoms with E-state index in [-0.39, 0.29) is 37.5 Å². The molecule has 0 aliphatic carbocycles. The lowest BCUT2D eigenvalue weighted by Gasteiger charge is -2.18. The van der Waals surface area contributed by atoms with E-state index in [2.05, 4.69) is 167 Å². The lowest BCUT2D eigenvalue weighted by Crippen LogP contribution is -2.30. The summed E-state index contributed by atoms with van der Waals surface area (Å²) in [5.41, 5.74) is 0. The third-order valence-electron chi connectivity index (χ3n) is 14.3. The number of allylic oxidation sites excluding steroid dienone is 24. The molecule has 0 heterocycles. The van der Waals surface area contributed by atoms with Crippen LogP contribution in [0.25, 0.3) is 0 Å².